The molecule has 0 radical (unpaired) electrons. The smallest absolute Gasteiger partial charge is 0.165 e. The Hall–Kier alpha value is -3.04. The van der Waals surface area contributed by atoms with E-state index in [-0.39, 0.29) is 0 Å². The van der Waals surface area contributed by atoms with Crippen molar-refractivity contribution in [1.29, 1.82) is 5.41 Å². The average Bonchev–Trinajstić information content (AvgIpc) is 3.48. The first-order chi connectivity index (χ1) is 14.2. The normalized spacial score (nSPS) is 16.9. The Bertz CT molecular complexity index is 1170. The van der Waals surface area contributed by atoms with E-state index in [1.165, 1.54) is 17.7 Å². The van der Waals surface area contributed by atoms with Gasteiger partial charge in [-0.05, 0) is 50.0 Å². The fourth-order valence-corrected chi connectivity index (χ4v) is 4.37. The summed E-state index contributed by atoms with van der Waals surface area (Å²) in [4.78, 5) is 4.99. The Morgan fingerprint density at radius 2 is 2.31 bits per heavy atom. The van der Waals surface area contributed by atoms with E-state index in [0.717, 1.165) is 64.9 Å². The fraction of sp³-hybridized carbons (Fsp3) is 0.300. The van der Waals surface area contributed by atoms with E-state index in [1.54, 1.807) is 12.5 Å². The van der Waals surface area contributed by atoms with Gasteiger partial charge in [0, 0.05) is 29.7 Å². The molecule has 1 atom stereocenters. The zero-order valence-corrected chi connectivity index (χ0v) is 16.8. The van der Waals surface area contributed by atoms with E-state index >= 15 is 0 Å². The number of furan rings is 1. The molecule has 1 fully saturated rings. The molecule has 1 aliphatic rings. The molecule has 4 aromatic heterocycles. The highest BCUT2D eigenvalue weighted by molar-refractivity contribution is 7.10. The number of fused-ring (bicyclic) bond motifs is 1. The van der Waals surface area contributed by atoms with Crippen molar-refractivity contribution in [2.45, 2.75) is 25.7 Å². The second kappa shape index (κ2) is 7.41. The highest BCUT2D eigenvalue weighted by atomic mass is 32.1. The number of anilines is 2. The quantitative estimate of drug-likeness (QED) is 0.433. The SMILES string of the molecule is Cc1cc(Nc2cc(C3CCCNC3)nc3c(-c4coc(C=N)c4)cnn23)sn1. The lowest BCUT2D eigenvalue weighted by Crippen LogP contribution is -2.29. The number of nitrogens with one attached hydrogen (secondary N) is 3. The molecule has 5 heterocycles. The van der Waals surface area contributed by atoms with Gasteiger partial charge in [-0.1, -0.05) is 0 Å². The van der Waals surface area contributed by atoms with Gasteiger partial charge in [0.15, 0.2) is 5.65 Å². The van der Waals surface area contributed by atoms with Gasteiger partial charge in [-0.25, -0.2) is 4.98 Å². The second-order valence-electron chi connectivity index (χ2n) is 7.24. The van der Waals surface area contributed by atoms with Crippen LogP contribution in [0.15, 0.2) is 35.1 Å². The predicted molar refractivity (Wildman–Crippen MR) is 114 cm³/mol. The van der Waals surface area contributed by atoms with Crippen LogP contribution in [0.5, 0.6) is 0 Å². The van der Waals surface area contributed by atoms with Crippen LogP contribution in [-0.4, -0.2) is 38.3 Å². The van der Waals surface area contributed by atoms with Crippen molar-refractivity contribution >= 4 is 34.2 Å². The molecule has 9 heteroatoms. The van der Waals surface area contributed by atoms with Crippen molar-refractivity contribution in [3.8, 4) is 11.1 Å². The molecule has 4 aromatic rings. The Labute approximate surface area is 171 Å². The van der Waals surface area contributed by atoms with Crippen LogP contribution < -0.4 is 10.6 Å². The molecular formula is C20H21N7OS. The summed E-state index contributed by atoms with van der Waals surface area (Å²) in [7, 11) is 0. The molecule has 5 rings (SSSR count). The third-order valence-corrected chi connectivity index (χ3v) is 5.95. The van der Waals surface area contributed by atoms with Crippen LogP contribution in [0.3, 0.4) is 0 Å². The highest BCUT2D eigenvalue weighted by Crippen LogP contribution is 2.32. The average molecular weight is 408 g/mol. The predicted octanol–water partition coefficient (Wildman–Crippen LogP) is 3.96. The third kappa shape index (κ3) is 3.43. The lowest BCUT2D eigenvalue weighted by atomic mass is 9.96. The van der Waals surface area contributed by atoms with Gasteiger partial charge in [-0.15, -0.1) is 0 Å². The monoisotopic (exact) mass is 407 g/mol. The van der Waals surface area contributed by atoms with E-state index in [1.807, 2.05) is 23.6 Å². The van der Waals surface area contributed by atoms with Crippen LogP contribution in [0.4, 0.5) is 10.8 Å². The maximum Gasteiger partial charge on any atom is 0.165 e. The molecule has 0 bridgehead atoms. The van der Waals surface area contributed by atoms with E-state index in [0.29, 0.717) is 11.7 Å². The molecular weight excluding hydrogens is 386 g/mol. The number of aromatic nitrogens is 4. The zero-order chi connectivity index (χ0) is 19.8. The molecule has 1 aliphatic heterocycles. The molecule has 0 saturated carbocycles. The largest absolute Gasteiger partial charge is 0.463 e. The Kier molecular flexibility index (Phi) is 4.61. The number of hydrogen-bond acceptors (Lipinski definition) is 8. The van der Waals surface area contributed by atoms with Crippen LogP contribution in [-0.2, 0) is 0 Å². The van der Waals surface area contributed by atoms with Crippen molar-refractivity contribution in [1.82, 2.24) is 24.3 Å². The van der Waals surface area contributed by atoms with Crippen molar-refractivity contribution in [3.63, 3.8) is 0 Å². The molecule has 0 amide bonds. The first-order valence-electron chi connectivity index (χ1n) is 9.60. The van der Waals surface area contributed by atoms with Crippen molar-refractivity contribution in [3.05, 3.63) is 47.8 Å². The van der Waals surface area contributed by atoms with Crippen LogP contribution in [0, 0.1) is 12.3 Å². The maximum atomic E-state index is 7.40. The van der Waals surface area contributed by atoms with E-state index < -0.39 is 0 Å². The molecule has 8 nitrogen and oxygen atoms in total. The van der Waals surface area contributed by atoms with Crippen LogP contribution in [0.25, 0.3) is 16.8 Å². The van der Waals surface area contributed by atoms with Crippen LogP contribution in [0.1, 0.15) is 35.9 Å². The number of rotatable bonds is 5. The van der Waals surface area contributed by atoms with Crippen LogP contribution >= 0.6 is 11.5 Å². The third-order valence-electron chi connectivity index (χ3n) is 5.16. The second-order valence-corrected chi connectivity index (χ2v) is 8.05. The summed E-state index contributed by atoms with van der Waals surface area (Å²) in [5.41, 5.74) is 4.55. The topological polar surface area (TPSA) is 104 Å². The summed E-state index contributed by atoms with van der Waals surface area (Å²) >= 11 is 1.43. The van der Waals surface area contributed by atoms with Crippen molar-refractivity contribution < 1.29 is 4.42 Å². The maximum absolute atomic E-state index is 7.40. The summed E-state index contributed by atoms with van der Waals surface area (Å²) in [6.45, 7) is 3.97. The summed E-state index contributed by atoms with van der Waals surface area (Å²) < 4.78 is 11.6. The molecule has 3 N–H and O–H groups in total. The molecule has 1 unspecified atom stereocenters. The molecule has 0 spiro atoms. The summed E-state index contributed by atoms with van der Waals surface area (Å²) in [6, 6.07) is 5.95. The van der Waals surface area contributed by atoms with Gasteiger partial charge in [0.2, 0.25) is 0 Å². The van der Waals surface area contributed by atoms with Gasteiger partial charge in [-0.3, -0.25) is 0 Å². The zero-order valence-electron chi connectivity index (χ0n) is 16.0. The van der Waals surface area contributed by atoms with E-state index in [4.69, 9.17) is 14.8 Å². The highest BCUT2D eigenvalue weighted by Gasteiger charge is 2.21. The minimum Gasteiger partial charge on any atom is -0.463 e. The van der Waals surface area contributed by atoms with Crippen molar-refractivity contribution in [2.75, 3.05) is 18.4 Å². The van der Waals surface area contributed by atoms with Crippen molar-refractivity contribution in [2.24, 2.45) is 0 Å². The minimum absolute atomic E-state index is 0.363. The lowest BCUT2D eigenvalue weighted by molar-refractivity contribution is 0.455. The molecule has 29 heavy (non-hydrogen) atoms. The number of piperidine rings is 1. The van der Waals surface area contributed by atoms with Gasteiger partial charge in [0.05, 0.1) is 30.1 Å². The Balaban J connectivity index is 1.64. The van der Waals surface area contributed by atoms with Crippen LogP contribution in [0.2, 0.25) is 0 Å². The van der Waals surface area contributed by atoms with Gasteiger partial charge < -0.3 is 20.5 Å². The van der Waals surface area contributed by atoms with Gasteiger partial charge in [-0.2, -0.15) is 14.0 Å². The first kappa shape index (κ1) is 18.0. The number of hydrogen-bond donors (Lipinski definition) is 3. The summed E-state index contributed by atoms with van der Waals surface area (Å²) in [6.07, 6.45) is 6.90. The fourth-order valence-electron chi connectivity index (χ4n) is 3.71. The molecule has 148 valence electrons. The molecule has 0 aromatic carbocycles. The van der Waals surface area contributed by atoms with E-state index in [2.05, 4.69) is 26.2 Å². The standard InChI is InChI=1S/C20H21N7OS/c1-12-5-19(29-26-12)25-18-7-17(13-3-2-4-22-9-13)24-20-16(10-23-27(18)20)14-6-15(8-21)28-11-14/h5-8,10-11,13,21-22,25H,2-4,9H2,1H3. The first-order valence-corrected chi connectivity index (χ1v) is 10.4. The number of aryl methyl sites for hydroxylation is 1. The van der Waals surface area contributed by atoms with E-state index in [9.17, 15) is 0 Å². The lowest BCUT2D eigenvalue weighted by Gasteiger charge is -2.23. The molecule has 1 saturated heterocycles. The Morgan fingerprint density at radius 1 is 1.38 bits per heavy atom. The van der Waals surface area contributed by atoms with Gasteiger partial charge in [0.25, 0.3) is 0 Å². The number of nitrogens with zero attached hydrogens (tertiary/aromatic N) is 4. The summed E-state index contributed by atoms with van der Waals surface area (Å²) in [5, 5.41) is 19.9. The summed E-state index contributed by atoms with van der Waals surface area (Å²) in [5.74, 6) is 1.73. The Morgan fingerprint density at radius 3 is 3.03 bits per heavy atom. The van der Waals surface area contributed by atoms with Gasteiger partial charge in [0.1, 0.15) is 16.6 Å². The van der Waals surface area contributed by atoms with Gasteiger partial charge >= 0.3 is 0 Å². The minimum atomic E-state index is 0.363. The molecule has 0 aliphatic carbocycles.